The molecule has 0 amide bonds. The molecule has 0 N–H and O–H groups in total. The lowest BCUT2D eigenvalue weighted by molar-refractivity contribution is -0.180. The summed E-state index contributed by atoms with van der Waals surface area (Å²) in [5.74, 6) is 4.29. The third-order valence-corrected chi connectivity index (χ3v) is 9.23. The molecular weight excluding hydrogens is 366 g/mol. The van der Waals surface area contributed by atoms with Gasteiger partial charge in [-0.2, -0.15) is 5.26 Å². The van der Waals surface area contributed by atoms with Crippen molar-refractivity contribution in [1.29, 1.82) is 5.26 Å². The number of nitriles is 1. The van der Waals surface area contributed by atoms with Gasteiger partial charge in [0.25, 0.3) is 0 Å². The van der Waals surface area contributed by atoms with Crippen molar-refractivity contribution in [3.05, 3.63) is 0 Å². The van der Waals surface area contributed by atoms with E-state index in [2.05, 4.69) is 65.4 Å². The van der Waals surface area contributed by atoms with Gasteiger partial charge >= 0.3 is 0 Å². The van der Waals surface area contributed by atoms with E-state index in [-0.39, 0.29) is 11.3 Å². The van der Waals surface area contributed by atoms with Crippen LogP contribution in [0.4, 0.5) is 0 Å². The van der Waals surface area contributed by atoms with Gasteiger partial charge in [-0.3, -0.25) is 0 Å². The molecule has 4 saturated carbocycles. The number of nitrogens with zero attached hydrogens (tertiary/aromatic N) is 1. The van der Waals surface area contributed by atoms with Crippen molar-refractivity contribution in [2.24, 2.45) is 46.3 Å². The SMILES string of the molecule is C#C.C#C.C#C.COC1CC2(C)C(C#N)CCC2C2CCC3CCC(C)CC3(C)C12. The van der Waals surface area contributed by atoms with E-state index in [0.29, 0.717) is 11.5 Å². The molecule has 2 heteroatoms. The van der Waals surface area contributed by atoms with Crippen LogP contribution in [0.1, 0.15) is 72.1 Å². The second-order valence-corrected chi connectivity index (χ2v) is 10.2. The van der Waals surface area contributed by atoms with Gasteiger partial charge in [0, 0.05) is 7.11 Å². The molecule has 4 aliphatic carbocycles. The monoisotopic (exact) mass is 407 g/mol. The van der Waals surface area contributed by atoms with Crippen molar-refractivity contribution in [2.45, 2.75) is 78.2 Å². The molecule has 4 fully saturated rings. The van der Waals surface area contributed by atoms with E-state index in [4.69, 9.17) is 4.74 Å². The minimum atomic E-state index is 0.195. The fourth-order valence-electron chi connectivity index (χ4n) is 8.19. The number of hydrogen-bond donors (Lipinski definition) is 0. The van der Waals surface area contributed by atoms with Crippen LogP contribution in [-0.2, 0) is 4.74 Å². The number of methoxy groups -OCH3 is 1. The van der Waals surface area contributed by atoms with Gasteiger partial charge < -0.3 is 4.74 Å². The van der Waals surface area contributed by atoms with Crippen LogP contribution in [0, 0.1) is 96.2 Å². The van der Waals surface area contributed by atoms with Crippen molar-refractivity contribution in [3.8, 4) is 44.6 Å². The van der Waals surface area contributed by atoms with Crippen LogP contribution in [0.15, 0.2) is 0 Å². The molecule has 0 bridgehead atoms. The van der Waals surface area contributed by atoms with Crippen molar-refractivity contribution in [1.82, 2.24) is 0 Å². The number of ether oxygens (including phenoxy) is 1. The minimum Gasteiger partial charge on any atom is -0.381 e. The summed E-state index contributed by atoms with van der Waals surface area (Å²) >= 11 is 0. The Hall–Kier alpha value is -1.87. The standard InChI is InChI=1S/C22H35NO.3C2H2/c1-14-5-6-15-7-9-17-18-10-8-16(13-23)21(18,2)12-19(24-4)20(17)22(15,3)11-14;3*1-2/h14-20H,5-12H2,1-4H3;3*1-2H. The van der Waals surface area contributed by atoms with Gasteiger partial charge in [0.2, 0.25) is 0 Å². The molecule has 0 aromatic rings. The average Bonchev–Trinajstić information content (AvgIpc) is 3.12. The zero-order valence-corrected chi connectivity index (χ0v) is 19.5. The molecule has 164 valence electrons. The van der Waals surface area contributed by atoms with Crippen LogP contribution in [0.3, 0.4) is 0 Å². The first-order valence-corrected chi connectivity index (χ1v) is 11.4. The van der Waals surface area contributed by atoms with E-state index in [1.54, 1.807) is 0 Å². The highest BCUT2D eigenvalue weighted by Gasteiger charge is 2.63. The maximum absolute atomic E-state index is 9.71. The van der Waals surface area contributed by atoms with Crippen molar-refractivity contribution in [2.75, 3.05) is 7.11 Å². The number of rotatable bonds is 1. The predicted molar refractivity (Wildman–Crippen MR) is 126 cm³/mol. The summed E-state index contributed by atoms with van der Waals surface area (Å²) in [6.45, 7) is 7.48. The Morgan fingerprint density at radius 3 is 2.00 bits per heavy atom. The van der Waals surface area contributed by atoms with Crippen molar-refractivity contribution in [3.63, 3.8) is 0 Å². The van der Waals surface area contributed by atoms with Gasteiger partial charge in [0.05, 0.1) is 18.1 Å². The normalized spacial score (nSPS) is 45.6. The summed E-state index contributed by atoms with van der Waals surface area (Å²) < 4.78 is 6.17. The summed E-state index contributed by atoms with van der Waals surface area (Å²) in [6.07, 6.45) is 34.9. The highest BCUT2D eigenvalue weighted by atomic mass is 16.5. The minimum absolute atomic E-state index is 0.195. The Kier molecular flexibility index (Phi) is 9.55. The molecule has 0 aromatic carbocycles. The van der Waals surface area contributed by atoms with Gasteiger partial charge in [-0.25, -0.2) is 0 Å². The first-order chi connectivity index (χ1) is 14.4. The first-order valence-electron chi connectivity index (χ1n) is 11.4. The Morgan fingerprint density at radius 1 is 0.833 bits per heavy atom. The molecule has 2 nitrogen and oxygen atoms in total. The van der Waals surface area contributed by atoms with E-state index >= 15 is 0 Å². The molecule has 0 radical (unpaired) electrons. The van der Waals surface area contributed by atoms with Crippen LogP contribution >= 0.6 is 0 Å². The van der Waals surface area contributed by atoms with Crippen LogP contribution in [0.5, 0.6) is 0 Å². The average molecular weight is 408 g/mol. The summed E-state index contributed by atoms with van der Waals surface area (Å²) in [5.41, 5.74) is 0.660. The van der Waals surface area contributed by atoms with E-state index in [1.807, 2.05) is 7.11 Å². The molecule has 4 rings (SSSR count). The van der Waals surface area contributed by atoms with Gasteiger partial charge in [0.15, 0.2) is 0 Å². The second kappa shape index (κ2) is 10.9. The zero-order chi connectivity index (χ0) is 23.1. The predicted octanol–water partition coefficient (Wildman–Crippen LogP) is 6.18. The van der Waals surface area contributed by atoms with Crippen LogP contribution in [0.2, 0.25) is 0 Å². The van der Waals surface area contributed by atoms with Gasteiger partial charge in [0.1, 0.15) is 0 Å². The highest BCUT2D eigenvalue weighted by molar-refractivity contribution is 5.15. The molecule has 0 aromatic heterocycles. The molecule has 0 aliphatic heterocycles. The van der Waals surface area contributed by atoms with E-state index in [0.717, 1.165) is 42.4 Å². The van der Waals surface area contributed by atoms with E-state index < -0.39 is 0 Å². The maximum atomic E-state index is 9.71. The fraction of sp³-hybridized carbons (Fsp3) is 0.750. The lowest BCUT2D eigenvalue weighted by Crippen LogP contribution is -2.59. The first kappa shape index (κ1) is 26.2. The van der Waals surface area contributed by atoms with Gasteiger partial charge in [-0.05, 0) is 85.4 Å². The summed E-state index contributed by atoms with van der Waals surface area (Å²) in [4.78, 5) is 0. The molecule has 30 heavy (non-hydrogen) atoms. The topological polar surface area (TPSA) is 33.0 Å². The zero-order valence-electron chi connectivity index (χ0n) is 19.5. The van der Waals surface area contributed by atoms with Crippen LogP contribution in [-0.4, -0.2) is 13.2 Å². The highest BCUT2D eigenvalue weighted by Crippen LogP contribution is 2.68. The Bertz CT molecular complexity index is 640. The van der Waals surface area contributed by atoms with E-state index in [1.165, 1.54) is 38.5 Å². The Balaban J connectivity index is 0.000000691. The molecule has 0 heterocycles. The molecule has 0 spiro atoms. The lowest BCUT2D eigenvalue weighted by atomic mass is 9.43. The third-order valence-electron chi connectivity index (χ3n) is 9.23. The van der Waals surface area contributed by atoms with Crippen molar-refractivity contribution >= 4 is 0 Å². The van der Waals surface area contributed by atoms with Crippen LogP contribution in [0.25, 0.3) is 0 Å². The smallest absolute Gasteiger partial charge is 0.0661 e. The van der Waals surface area contributed by atoms with Gasteiger partial charge in [-0.1, -0.05) is 27.2 Å². The number of fused-ring (bicyclic) bond motifs is 5. The quantitative estimate of drug-likeness (QED) is 0.486. The number of hydrogen-bond acceptors (Lipinski definition) is 2. The molecule has 9 unspecified atom stereocenters. The Morgan fingerprint density at radius 2 is 1.43 bits per heavy atom. The Labute approximate surface area is 186 Å². The van der Waals surface area contributed by atoms with Crippen molar-refractivity contribution < 1.29 is 4.74 Å². The summed E-state index contributed by atoms with van der Waals surface area (Å²) in [5, 5.41) is 9.71. The van der Waals surface area contributed by atoms with Crippen LogP contribution < -0.4 is 0 Å². The summed E-state index contributed by atoms with van der Waals surface area (Å²) in [6, 6.07) is 2.66. The molecule has 0 saturated heterocycles. The second-order valence-electron chi connectivity index (χ2n) is 10.2. The van der Waals surface area contributed by atoms with Gasteiger partial charge in [-0.15, -0.1) is 38.5 Å². The molecular formula is C28H41NO. The molecule has 9 atom stereocenters. The summed E-state index contributed by atoms with van der Waals surface area (Å²) in [7, 11) is 1.93. The third kappa shape index (κ3) is 4.14. The lowest BCUT2D eigenvalue weighted by Gasteiger charge is -2.63. The fourth-order valence-corrected chi connectivity index (χ4v) is 8.19. The van der Waals surface area contributed by atoms with E-state index in [9.17, 15) is 5.26 Å². The molecule has 4 aliphatic rings. The largest absolute Gasteiger partial charge is 0.381 e. The maximum Gasteiger partial charge on any atom is 0.0661 e. The number of terminal acetylenes is 3.